The Bertz CT molecular complexity index is 382. The second kappa shape index (κ2) is 7.66. The second-order valence-electron chi connectivity index (χ2n) is 3.99. The molecular formula is C13H20N2O3. The van der Waals surface area contributed by atoms with Gasteiger partial charge in [-0.3, -0.25) is 4.79 Å². The first-order chi connectivity index (χ1) is 8.67. The van der Waals surface area contributed by atoms with Crippen molar-refractivity contribution < 1.29 is 14.3 Å². The fourth-order valence-electron chi connectivity index (χ4n) is 1.47. The van der Waals surface area contributed by atoms with Gasteiger partial charge in [0.2, 0.25) is 5.88 Å². The Morgan fingerprint density at radius 2 is 2.33 bits per heavy atom. The van der Waals surface area contributed by atoms with Crippen molar-refractivity contribution in [3.8, 4) is 5.88 Å². The summed E-state index contributed by atoms with van der Waals surface area (Å²) in [5, 5.41) is 3.21. The van der Waals surface area contributed by atoms with Crippen LogP contribution in [0.25, 0.3) is 0 Å². The first-order valence-electron chi connectivity index (χ1n) is 6.03. The summed E-state index contributed by atoms with van der Waals surface area (Å²) in [6.45, 7) is 5.33. The summed E-state index contributed by atoms with van der Waals surface area (Å²) in [7, 11) is 1.59. The van der Waals surface area contributed by atoms with Gasteiger partial charge in [0, 0.05) is 25.4 Å². The molecular weight excluding hydrogens is 232 g/mol. The molecule has 0 aliphatic carbocycles. The van der Waals surface area contributed by atoms with Gasteiger partial charge in [0.05, 0.1) is 19.6 Å². The summed E-state index contributed by atoms with van der Waals surface area (Å²) < 4.78 is 9.97. The van der Waals surface area contributed by atoms with Gasteiger partial charge < -0.3 is 14.8 Å². The third-order valence-electron chi connectivity index (χ3n) is 2.48. The molecule has 0 aliphatic heterocycles. The molecule has 1 aromatic heterocycles. The number of rotatable bonds is 7. The van der Waals surface area contributed by atoms with Crippen LogP contribution in [-0.2, 0) is 16.1 Å². The standard InChI is InChI=1S/C13H20N2O3/c1-4-18-13(16)10(2)8-14-9-11-5-6-15-12(7-11)17-3/h5-7,10,14H,4,8-9H2,1-3H3. The predicted octanol–water partition coefficient (Wildman–Crippen LogP) is 1.38. The monoisotopic (exact) mass is 252 g/mol. The summed E-state index contributed by atoms with van der Waals surface area (Å²) in [6.07, 6.45) is 1.70. The number of ether oxygens (including phenoxy) is 2. The van der Waals surface area contributed by atoms with Crippen LogP contribution in [0.5, 0.6) is 5.88 Å². The smallest absolute Gasteiger partial charge is 0.309 e. The van der Waals surface area contributed by atoms with Crippen LogP contribution in [0.3, 0.4) is 0 Å². The van der Waals surface area contributed by atoms with Crippen molar-refractivity contribution in [1.82, 2.24) is 10.3 Å². The quantitative estimate of drug-likeness (QED) is 0.743. The predicted molar refractivity (Wildman–Crippen MR) is 68.3 cm³/mol. The maximum atomic E-state index is 11.4. The molecule has 1 unspecified atom stereocenters. The number of methoxy groups -OCH3 is 1. The molecule has 0 saturated carbocycles. The largest absolute Gasteiger partial charge is 0.481 e. The Kier molecular flexibility index (Phi) is 6.14. The average Bonchev–Trinajstić information content (AvgIpc) is 2.39. The molecule has 100 valence electrons. The van der Waals surface area contributed by atoms with E-state index in [-0.39, 0.29) is 11.9 Å². The second-order valence-corrected chi connectivity index (χ2v) is 3.99. The zero-order valence-electron chi connectivity index (χ0n) is 11.1. The number of aromatic nitrogens is 1. The lowest BCUT2D eigenvalue weighted by Gasteiger charge is -2.11. The van der Waals surface area contributed by atoms with Gasteiger partial charge in [0.15, 0.2) is 0 Å². The van der Waals surface area contributed by atoms with E-state index >= 15 is 0 Å². The Balaban J connectivity index is 2.34. The van der Waals surface area contributed by atoms with E-state index in [1.807, 2.05) is 19.1 Å². The van der Waals surface area contributed by atoms with E-state index in [1.54, 1.807) is 20.2 Å². The minimum Gasteiger partial charge on any atom is -0.481 e. The third kappa shape index (κ3) is 4.71. The number of hydrogen-bond acceptors (Lipinski definition) is 5. The van der Waals surface area contributed by atoms with Gasteiger partial charge in [-0.05, 0) is 18.6 Å². The van der Waals surface area contributed by atoms with Crippen LogP contribution in [0.2, 0.25) is 0 Å². The molecule has 1 N–H and O–H groups in total. The Morgan fingerprint density at radius 1 is 1.56 bits per heavy atom. The Morgan fingerprint density at radius 3 is 3.00 bits per heavy atom. The van der Waals surface area contributed by atoms with Crippen molar-refractivity contribution in [2.75, 3.05) is 20.3 Å². The lowest BCUT2D eigenvalue weighted by molar-refractivity contribution is -0.147. The summed E-state index contributed by atoms with van der Waals surface area (Å²) in [5.74, 6) is 0.277. The number of nitrogens with zero attached hydrogens (tertiary/aromatic N) is 1. The van der Waals surface area contributed by atoms with Crippen LogP contribution in [0, 0.1) is 5.92 Å². The summed E-state index contributed by atoms with van der Waals surface area (Å²) in [5.41, 5.74) is 1.07. The van der Waals surface area contributed by atoms with Crippen LogP contribution in [0.15, 0.2) is 18.3 Å². The SMILES string of the molecule is CCOC(=O)C(C)CNCc1ccnc(OC)c1. The summed E-state index contributed by atoms with van der Waals surface area (Å²) in [6, 6.07) is 3.77. The number of carbonyl (C=O) groups excluding carboxylic acids is 1. The highest BCUT2D eigenvalue weighted by Crippen LogP contribution is 2.08. The average molecular weight is 252 g/mol. The molecule has 0 bridgehead atoms. The molecule has 1 heterocycles. The number of hydrogen-bond donors (Lipinski definition) is 1. The van der Waals surface area contributed by atoms with E-state index in [1.165, 1.54) is 0 Å². The van der Waals surface area contributed by atoms with E-state index in [4.69, 9.17) is 9.47 Å². The zero-order valence-corrected chi connectivity index (χ0v) is 11.1. The van der Waals surface area contributed by atoms with Gasteiger partial charge in [-0.25, -0.2) is 4.98 Å². The van der Waals surface area contributed by atoms with Gasteiger partial charge in [0.25, 0.3) is 0 Å². The minimum atomic E-state index is -0.169. The van der Waals surface area contributed by atoms with Gasteiger partial charge in [-0.2, -0.15) is 0 Å². The molecule has 1 atom stereocenters. The number of carbonyl (C=O) groups is 1. The lowest BCUT2D eigenvalue weighted by Crippen LogP contribution is -2.27. The number of pyridine rings is 1. The fraction of sp³-hybridized carbons (Fsp3) is 0.538. The molecule has 0 radical (unpaired) electrons. The molecule has 5 nitrogen and oxygen atoms in total. The van der Waals surface area contributed by atoms with Crippen molar-refractivity contribution in [3.63, 3.8) is 0 Å². The molecule has 0 spiro atoms. The third-order valence-corrected chi connectivity index (χ3v) is 2.48. The minimum absolute atomic E-state index is 0.145. The fourth-order valence-corrected chi connectivity index (χ4v) is 1.47. The lowest BCUT2D eigenvalue weighted by atomic mass is 10.2. The highest BCUT2D eigenvalue weighted by molar-refractivity contribution is 5.72. The van der Waals surface area contributed by atoms with Crippen molar-refractivity contribution in [2.45, 2.75) is 20.4 Å². The summed E-state index contributed by atoms with van der Waals surface area (Å²) >= 11 is 0. The van der Waals surface area contributed by atoms with E-state index < -0.39 is 0 Å². The van der Waals surface area contributed by atoms with Crippen LogP contribution in [0.1, 0.15) is 19.4 Å². The van der Waals surface area contributed by atoms with E-state index in [0.29, 0.717) is 25.6 Å². The van der Waals surface area contributed by atoms with Crippen LogP contribution in [-0.4, -0.2) is 31.2 Å². The van der Waals surface area contributed by atoms with Gasteiger partial charge in [-0.15, -0.1) is 0 Å². The molecule has 0 saturated heterocycles. The van der Waals surface area contributed by atoms with Crippen LogP contribution >= 0.6 is 0 Å². The maximum Gasteiger partial charge on any atom is 0.309 e. The van der Waals surface area contributed by atoms with E-state index in [0.717, 1.165) is 5.56 Å². The molecule has 0 aromatic carbocycles. The summed E-state index contributed by atoms with van der Waals surface area (Å²) in [4.78, 5) is 15.4. The van der Waals surface area contributed by atoms with E-state index in [2.05, 4.69) is 10.3 Å². The number of nitrogens with one attached hydrogen (secondary N) is 1. The highest BCUT2D eigenvalue weighted by Gasteiger charge is 2.12. The van der Waals surface area contributed by atoms with Crippen LogP contribution in [0.4, 0.5) is 0 Å². The normalized spacial score (nSPS) is 11.9. The Labute approximate surface area is 108 Å². The molecule has 5 heteroatoms. The number of esters is 1. The molecule has 1 aromatic rings. The molecule has 18 heavy (non-hydrogen) atoms. The van der Waals surface area contributed by atoms with Crippen LogP contribution < -0.4 is 10.1 Å². The van der Waals surface area contributed by atoms with Gasteiger partial charge >= 0.3 is 5.97 Å². The van der Waals surface area contributed by atoms with Crippen molar-refractivity contribution in [3.05, 3.63) is 23.9 Å². The highest BCUT2D eigenvalue weighted by atomic mass is 16.5. The molecule has 1 rings (SSSR count). The van der Waals surface area contributed by atoms with E-state index in [9.17, 15) is 4.79 Å². The molecule has 0 fully saturated rings. The van der Waals surface area contributed by atoms with Crippen molar-refractivity contribution >= 4 is 5.97 Å². The Hall–Kier alpha value is -1.62. The first kappa shape index (κ1) is 14.4. The van der Waals surface area contributed by atoms with Crippen molar-refractivity contribution in [2.24, 2.45) is 5.92 Å². The maximum absolute atomic E-state index is 11.4. The molecule has 0 amide bonds. The topological polar surface area (TPSA) is 60.5 Å². The molecule has 0 aliphatic rings. The first-order valence-corrected chi connectivity index (χ1v) is 6.03. The van der Waals surface area contributed by atoms with Gasteiger partial charge in [-0.1, -0.05) is 6.92 Å². The van der Waals surface area contributed by atoms with Gasteiger partial charge in [0.1, 0.15) is 0 Å². The van der Waals surface area contributed by atoms with Crippen molar-refractivity contribution in [1.29, 1.82) is 0 Å². The zero-order chi connectivity index (χ0) is 13.4.